The molecule has 0 fully saturated rings. The number of para-hydroxylation sites is 1. The van der Waals surface area contributed by atoms with Crippen LogP contribution in [0.1, 0.15) is 11.1 Å². The standard InChI is InChI=1S/C20H19BrN4O3S/c1-29(27,28)20-22-10-15-11-24(18-8-3-2-7-17(18)21)13-25(19(15)23-20)16-6-4-5-14(9-16)12-26/h2-10,26H,11-13H2,1H3. The lowest BCUT2D eigenvalue weighted by molar-refractivity contribution is 0.282. The van der Waals surface area contributed by atoms with Crippen LogP contribution in [0.3, 0.4) is 0 Å². The van der Waals surface area contributed by atoms with Gasteiger partial charge in [-0.2, -0.15) is 0 Å². The van der Waals surface area contributed by atoms with Crippen LogP contribution in [0, 0.1) is 0 Å². The summed E-state index contributed by atoms with van der Waals surface area (Å²) in [4.78, 5) is 12.5. The van der Waals surface area contributed by atoms with E-state index in [2.05, 4.69) is 30.8 Å². The molecular weight excluding hydrogens is 456 g/mol. The minimum Gasteiger partial charge on any atom is -0.392 e. The topological polar surface area (TPSA) is 86.6 Å². The number of aromatic nitrogens is 2. The maximum Gasteiger partial charge on any atom is 0.248 e. The van der Waals surface area contributed by atoms with Gasteiger partial charge in [-0.25, -0.2) is 18.4 Å². The van der Waals surface area contributed by atoms with Gasteiger partial charge in [0.2, 0.25) is 15.0 Å². The summed E-state index contributed by atoms with van der Waals surface area (Å²) in [6.07, 6.45) is 2.67. The number of anilines is 3. The van der Waals surface area contributed by atoms with E-state index < -0.39 is 9.84 Å². The Kier molecular flexibility index (Phi) is 5.28. The Balaban J connectivity index is 1.86. The molecule has 0 saturated carbocycles. The second kappa shape index (κ2) is 7.74. The second-order valence-corrected chi connectivity index (χ2v) is 9.58. The number of hydrogen-bond acceptors (Lipinski definition) is 7. The van der Waals surface area contributed by atoms with E-state index in [1.165, 1.54) is 0 Å². The number of benzene rings is 2. The lowest BCUT2D eigenvalue weighted by atomic mass is 10.1. The number of aliphatic hydroxyl groups excluding tert-OH is 1. The molecule has 1 N–H and O–H groups in total. The van der Waals surface area contributed by atoms with Crippen LogP contribution in [0.2, 0.25) is 0 Å². The molecule has 0 radical (unpaired) electrons. The summed E-state index contributed by atoms with van der Waals surface area (Å²) in [6, 6.07) is 15.4. The molecule has 0 atom stereocenters. The van der Waals surface area contributed by atoms with Crippen molar-refractivity contribution in [3.63, 3.8) is 0 Å². The molecule has 0 unspecified atom stereocenters. The van der Waals surface area contributed by atoms with Gasteiger partial charge < -0.3 is 14.9 Å². The van der Waals surface area contributed by atoms with Gasteiger partial charge in [-0.05, 0) is 45.8 Å². The first-order chi connectivity index (χ1) is 13.9. The molecule has 0 saturated heterocycles. The minimum atomic E-state index is -3.54. The molecule has 3 aromatic rings. The molecule has 150 valence electrons. The van der Waals surface area contributed by atoms with Crippen LogP contribution in [0.15, 0.2) is 64.4 Å². The summed E-state index contributed by atoms with van der Waals surface area (Å²) in [7, 11) is -3.54. The second-order valence-electron chi connectivity index (χ2n) is 6.82. The van der Waals surface area contributed by atoms with E-state index in [0.29, 0.717) is 19.0 Å². The number of hydrogen-bond donors (Lipinski definition) is 1. The highest BCUT2D eigenvalue weighted by Crippen LogP contribution is 2.36. The van der Waals surface area contributed by atoms with Crippen LogP contribution in [0.5, 0.6) is 0 Å². The van der Waals surface area contributed by atoms with Crippen LogP contribution < -0.4 is 9.80 Å². The molecule has 4 rings (SSSR count). The third kappa shape index (κ3) is 3.98. The maximum atomic E-state index is 12.0. The molecule has 1 aromatic heterocycles. The highest BCUT2D eigenvalue weighted by molar-refractivity contribution is 9.10. The molecule has 0 aliphatic carbocycles. The number of halogens is 1. The number of fused-ring (bicyclic) bond motifs is 1. The van der Waals surface area contributed by atoms with E-state index in [1.807, 2.05) is 53.4 Å². The van der Waals surface area contributed by atoms with Crippen molar-refractivity contribution >= 4 is 43.0 Å². The van der Waals surface area contributed by atoms with Gasteiger partial charge in [0.15, 0.2) is 0 Å². The Labute approximate surface area is 177 Å². The van der Waals surface area contributed by atoms with E-state index in [1.54, 1.807) is 6.20 Å². The third-order valence-corrected chi connectivity index (χ3v) is 6.21. The zero-order valence-corrected chi connectivity index (χ0v) is 18.1. The van der Waals surface area contributed by atoms with Gasteiger partial charge in [0.25, 0.3) is 0 Å². The number of rotatable bonds is 4. The molecule has 2 heterocycles. The predicted molar refractivity (Wildman–Crippen MR) is 115 cm³/mol. The van der Waals surface area contributed by atoms with E-state index in [-0.39, 0.29) is 11.8 Å². The normalized spacial score (nSPS) is 14.0. The molecule has 1 aliphatic heterocycles. The largest absolute Gasteiger partial charge is 0.392 e. The van der Waals surface area contributed by atoms with Crippen molar-refractivity contribution in [2.75, 3.05) is 22.7 Å². The zero-order chi connectivity index (χ0) is 20.6. The van der Waals surface area contributed by atoms with Crippen molar-refractivity contribution < 1.29 is 13.5 Å². The molecule has 0 amide bonds. The highest BCUT2D eigenvalue weighted by atomic mass is 79.9. The van der Waals surface area contributed by atoms with E-state index in [9.17, 15) is 13.5 Å². The Hall–Kier alpha value is -2.49. The summed E-state index contributed by atoms with van der Waals surface area (Å²) < 4.78 is 25.0. The fraction of sp³-hybridized carbons (Fsp3) is 0.200. The van der Waals surface area contributed by atoms with Crippen LogP contribution in [-0.4, -0.2) is 36.4 Å². The zero-order valence-electron chi connectivity index (χ0n) is 15.7. The first kappa shape index (κ1) is 19.8. The first-order valence-electron chi connectivity index (χ1n) is 8.89. The Morgan fingerprint density at radius 2 is 1.97 bits per heavy atom. The van der Waals surface area contributed by atoms with Crippen molar-refractivity contribution in [1.82, 2.24) is 9.97 Å². The summed E-state index contributed by atoms with van der Waals surface area (Å²) in [5.41, 5.74) is 3.40. The van der Waals surface area contributed by atoms with Gasteiger partial charge in [-0.3, -0.25) is 0 Å². The summed E-state index contributed by atoms with van der Waals surface area (Å²) in [5, 5.41) is 9.33. The Morgan fingerprint density at radius 3 is 2.69 bits per heavy atom. The molecule has 0 bridgehead atoms. The fourth-order valence-electron chi connectivity index (χ4n) is 3.30. The maximum absolute atomic E-state index is 12.0. The van der Waals surface area contributed by atoms with Gasteiger partial charge in [-0.1, -0.05) is 24.3 Å². The summed E-state index contributed by atoms with van der Waals surface area (Å²) in [6.45, 7) is 0.920. The van der Waals surface area contributed by atoms with Crippen LogP contribution >= 0.6 is 15.9 Å². The number of aliphatic hydroxyl groups is 1. The van der Waals surface area contributed by atoms with Gasteiger partial charge in [0.05, 0.1) is 19.0 Å². The lowest BCUT2D eigenvalue weighted by Crippen LogP contribution is -2.41. The predicted octanol–water partition coefficient (Wildman–Crippen LogP) is 3.25. The third-order valence-electron chi connectivity index (χ3n) is 4.68. The molecule has 7 nitrogen and oxygen atoms in total. The minimum absolute atomic E-state index is 0.0825. The van der Waals surface area contributed by atoms with Crippen molar-refractivity contribution in [3.8, 4) is 0 Å². The van der Waals surface area contributed by atoms with E-state index in [4.69, 9.17) is 0 Å². The Morgan fingerprint density at radius 1 is 1.17 bits per heavy atom. The van der Waals surface area contributed by atoms with E-state index in [0.717, 1.165) is 33.2 Å². The van der Waals surface area contributed by atoms with Crippen molar-refractivity contribution in [3.05, 3.63) is 70.3 Å². The van der Waals surface area contributed by atoms with Crippen LogP contribution in [0.25, 0.3) is 0 Å². The van der Waals surface area contributed by atoms with Crippen LogP contribution in [0.4, 0.5) is 17.2 Å². The summed E-state index contributed by atoms with van der Waals surface area (Å²) >= 11 is 3.60. The molecule has 2 aromatic carbocycles. The monoisotopic (exact) mass is 474 g/mol. The SMILES string of the molecule is CS(=O)(=O)c1ncc2c(n1)N(c1cccc(CO)c1)CN(c1ccccc1Br)C2. The van der Waals surface area contributed by atoms with Gasteiger partial charge in [-0.15, -0.1) is 0 Å². The van der Waals surface area contributed by atoms with Gasteiger partial charge >= 0.3 is 0 Å². The number of nitrogens with zero attached hydrogens (tertiary/aromatic N) is 4. The molecule has 29 heavy (non-hydrogen) atoms. The van der Waals surface area contributed by atoms with Crippen molar-refractivity contribution in [2.24, 2.45) is 0 Å². The van der Waals surface area contributed by atoms with Gasteiger partial charge in [0, 0.05) is 34.7 Å². The highest BCUT2D eigenvalue weighted by Gasteiger charge is 2.28. The molecule has 1 aliphatic rings. The molecular formula is C20H19BrN4O3S. The van der Waals surface area contributed by atoms with E-state index >= 15 is 0 Å². The van der Waals surface area contributed by atoms with Crippen molar-refractivity contribution in [2.45, 2.75) is 18.3 Å². The average Bonchev–Trinajstić information content (AvgIpc) is 2.72. The summed E-state index contributed by atoms with van der Waals surface area (Å²) in [5.74, 6) is 0.554. The van der Waals surface area contributed by atoms with Crippen LogP contribution in [-0.2, 0) is 23.0 Å². The quantitative estimate of drug-likeness (QED) is 0.580. The molecule has 0 spiro atoms. The molecule has 9 heteroatoms. The Bertz CT molecular complexity index is 1170. The van der Waals surface area contributed by atoms with Crippen molar-refractivity contribution in [1.29, 1.82) is 0 Å². The van der Waals surface area contributed by atoms with Gasteiger partial charge in [0.1, 0.15) is 5.82 Å². The smallest absolute Gasteiger partial charge is 0.248 e. The number of sulfone groups is 1. The lowest BCUT2D eigenvalue weighted by Gasteiger charge is -2.39. The average molecular weight is 475 g/mol. The fourth-order valence-corrected chi connectivity index (χ4v) is 4.33. The first-order valence-corrected chi connectivity index (χ1v) is 11.6.